The van der Waals surface area contributed by atoms with Gasteiger partial charge in [-0.05, 0) is 49.9 Å². The molecule has 3 heterocycles. The Morgan fingerprint density at radius 1 is 1.22 bits per heavy atom. The van der Waals surface area contributed by atoms with Gasteiger partial charge in [0.1, 0.15) is 0 Å². The van der Waals surface area contributed by atoms with Gasteiger partial charge in [-0.25, -0.2) is 4.79 Å². The van der Waals surface area contributed by atoms with Crippen molar-refractivity contribution in [2.75, 3.05) is 6.61 Å². The summed E-state index contributed by atoms with van der Waals surface area (Å²) in [7, 11) is 0. The molecule has 0 saturated carbocycles. The van der Waals surface area contributed by atoms with Gasteiger partial charge in [0.05, 0.1) is 28.8 Å². The number of carbonyl (C=O) groups excluding carboxylic acids is 1. The first kappa shape index (κ1) is 30.1. The fraction of sp³-hybridized carbons (Fsp3) is 0.357. The van der Waals surface area contributed by atoms with Gasteiger partial charge in [-0.1, -0.05) is 48.0 Å². The Kier molecular flexibility index (Phi) is 8.74. The van der Waals surface area contributed by atoms with Crippen molar-refractivity contribution in [3.63, 3.8) is 0 Å². The SMILES string of the molecule is C[C@H]1C[C@@H](N2C(=N)N[C@](C)(c3cccc(-c4cccc(-c5ccn[nH]5)c4)c3Cl)CC2=O)CCO1.O=C(O)C(F)(F)F. The van der Waals surface area contributed by atoms with Crippen molar-refractivity contribution < 1.29 is 32.6 Å². The van der Waals surface area contributed by atoms with Crippen LogP contribution in [0.15, 0.2) is 54.7 Å². The Labute approximate surface area is 239 Å². The van der Waals surface area contributed by atoms with E-state index in [2.05, 4.69) is 21.6 Å². The average molecular weight is 592 g/mol. The molecule has 0 bridgehead atoms. The van der Waals surface area contributed by atoms with Gasteiger partial charge in [-0.15, -0.1) is 0 Å². The van der Waals surface area contributed by atoms with Gasteiger partial charge >= 0.3 is 12.1 Å². The van der Waals surface area contributed by atoms with Crippen molar-refractivity contribution in [1.29, 1.82) is 5.41 Å². The van der Waals surface area contributed by atoms with Crippen molar-refractivity contribution >= 4 is 29.4 Å². The van der Waals surface area contributed by atoms with Gasteiger partial charge in [0.25, 0.3) is 0 Å². The first-order valence-corrected chi connectivity index (χ1v) is 13.2. The smallest absolute Gasteiger partial charge is 0.475 e. The number of halogens is 4. The molecule has 0 spiro atoms. The maximum atomic E-state index is 13.3. The number of hydrogen-bond acceptors (Lipinski definition) is 5. The van der Waals surface area contributed by atoms with Gasteiger partial charge < -0.3 is 15.2 Å². The summed E-state index contributed by atoms with van der Waals surface area (Å²) in [5.74, 6) is -2.69. The molecule has 9 nitrogen and oxygen atoms in total. The minimum Gasteiger partial charge on any atom is -0.475 e. The van der Waals surface area contributed by atoms with E-state index in [0.717, 1.165) is 40.8 Å². The molecule has 0 aliphatic carbocycles. The average Bonchev–Trinajstić information content (AvgIpc) is 3.43. The summed E-state index contributed by atoms with van der Waals surface area (Å²) in [6.45, 7) is 4.55. The van der Waals surface area contributed by atoms with Crippen molar-refractivity contribution in [3.05, 3.63) is 65.3 Å². The Morgan fingerprint density at radius 3 is 2.51 bits per heavy atom. The van der Waals surface area contributed by atoms with Gasteiger partial charge in [0, 0.05) is 30.0 Å². The molecule has 3 aromatic rings. The van der Waals surface area contributed by atoms with Crippen LogP contribution in [0.4, 0.5) is 13.2 Å². The minimum absolute atomic E-state index is 0.0205. The monoisotopic (exact) mass is 591 g/mol. The van der Waals surface area contributed by atoms with Crippen molar-refractivity contribution in [2.45, 2.75) is 57.0 Å². The van der Waals surface area contributed by atoms with E-state index in [1.807, 2.05) is 56.3 Å². The zero-order valence-corrected chi connectivity index (χ0v) is 23.0. The molecule has 1 amide bonds. The van der Waals surface area contributed by atoms with Crippen molar-refractivity contribution in [2.24, 2.45) is 0 Å². The number of amides is 1. The third-order valence-corrected chi connectivity index (χ3v) is 7.46. The molecule has 218 valence electrons. The molecule has 13 heteroatoms. The molecule has 0 radical (unpaired) electrons. The Hall–Kier alpha value is -3.90. The van der Waals surface area contributed by atoms with Gasteiger partial charge in [-0.3, -0.25) is 20.2 Å². The van der Waals surface area contributed by atoms with Crippen LogP contribution >= 0.6 is 11.6 Å². The number of benzene rings is 2. The van der Waals surface area contributed by atoms with Crippen LogP contribution in [-0.4, -0.2) is 63.0 Å². The molecule has 1 aromatic heterocycles. The second kappa shape index (κ2) is 11.9. The number of aliphatic carboxylic acids is 1. The zero-order chi connectivity index (χ0) is 29.9. The summed E-state index contributed by atoms with van der Waals surface area (Å²) in [5.41, 5.74) is 3.81. The first-order chi connectivity index (χ1) is 19.3. The molecular formula is C28H29ClF3N5O4. The highest BCUT2D eigenvalue weighted by atomic mass is 35.5. The number of guanidine groups is 1. The molecule has 2 fully saturated rings. The molecule has 2 aliphatic heterocycles. The predicted octanol–water partition coefficient (Wildman–Crippen LogP) is 5.57. The number of hydrogen-bond donors (Lipinski definition) is 4. The maximum Gasteiger partial charge on any atom is 0.490 e. The second-order valence-electron chi connectivity index (χ2n) is 10.1. The molecule has 2 saturated heterocycles. The number of alkyl halides is 3. The lowest BCUT2D eigenvalue weighted by Gasteiger charge is -2.45. The maximum absolute atomic E-state index is 13.3. The fourth-order valence-electron chi connectivity index (χ4n) is 5.09. The lowest BCUT2D eigenvalue weighted by atomic mass is 9.84. The van der Waals surface area contributed by atoms with E-state index in [1.54, 1.807) is 11.1 Å². The summed E-state index contributed by atoms with van der Waals surface area (Å²) >= 11 is 6.97. The quantitative estimate of drug-likeness (QED) is 0.314. The van der Waals surface area contributed by atoms with Gasteiger partial charge in [-0.2, -0.15) is 18.3 Å². The number of aromatic amines is 1. The fourth-order valence-corrected chi connectivity index (χ4v) is 5.53. The topological polar surface area (TPSA) is 131 Å². The van der Waals surface area contributed by atoms with E-state index < -0.39 is 17.7 Å². The molecule has 41 heavy (non-hydrogen) atoms. The lowest BCUT2D eigenvalue weighted by molar-refractivity contribution is -0.192. The van der Waals surface area contributed by atoms with Crippen LogP contribution in [0, 0.1) is 5.41 Å². The number of nitrogens with one attached hydrogen (secondary N) is 3. The number of nitrogens with zero attached hydrogens (tertiary/aromatic N) is 2. The number of ether oxygens (including phenoxy) is 1. The molecule has 0 unspecified atom stereocenters. The summed E-state index contributed by atoms with van der Waals surface area (Å²) in [6.07, 6.45) is -1.59. The standard InChI is InChI=1S/C26H28ClN5O2.C2HF3O2/c1-16-13-19(10-12-34-16)32-23(33)15-26(2,30-25(32)28)21-8-4-7-20(24(21)27)17-5-3-6-18(14-17)22-9-11-29-31-22;3-2(4,5)1(6)7/h3-9,11,14,16,19H,10,12-13,15H2,1-2H3,(H2,28,30)(H,29,31);(H,6,7)/t16-,19-,26-;/m0./s1. The van der Waals surface area contributed by atoms with E-state index in [4.69, 9.17) is 31.6 Å². The normalized spacial score (nSPS) is 22.9. The van der Waals surface area contributed by atoms with Crippen LogP contribution in [0.3, 0.4) is 0 Å². The number of carboxylic acid groups (broad SMARTS) is 1. The number of carbonyl (C=O) groups is 2. The van der Waals surface area contributed by atoms with Crippen LogP contribution in [-0.2, 0) is 19.9 Å². The Balaban J connectivity index is 0.000000493. The number of aromatic nitrogens is 2. The molecular weight excluding hydrogens is 563 g/mol. The number of H-pyrrole nitrogens is 1. The van der Waals surface area contributed by atoms with Crippen LogP contribution in [0.5, 0.6) is 0 Å². The Bertz CT molecular complexity index is 1410. The summed E-state index contributed by atoms with van der Waals surface area (Å²) in [6, 6.07) is 15.9. The summed E-state index contributed by atoms with van der Waals surface area (Å²) in [5, 5.41) is 26.7. The Morgan fingerprint density at radius 2 is 1.90 bits per heavy atom. The van der Waals surface area contributed by atoms with E-state index in [0.29, 0.717) is 11.6 Å². The van der Waals surface area contributed by atoms with E-state index >= 15 is 0 Å². The van der Waals surface area contributed by atoms with Crippen LogP contribution in [0.25, 0.3) is 22.4 Å². The first-order valence-electron chi connectivity index (χ1n) is 12.8. The van der Waals surface area contributed by atoms with Crippen LogP contribution < -0.4 is 5.32 Å². The molecule has 4 N–H and O–H groups in total. The minimum atomic E-state index is -5.08. The zero-order valence-electron chi connectivity index (χ0n) is 22.3. The highest BCUT2D eigenvalue weighted by molar-refractivity contribution is 6.34. The summed E-state index contributed by atoms with van der Waals surface area (Å²) < 4.78 is 37.4. The van der Waals surface area contributed by atoms with Crippen molar-refractivity contribution in [3.8, 4) is 22.4 Å². The van der Waals surface area contributed by atoms with E-state index in [1.165, 1.54) is 0 Å². The third-order valence-electron chi connectivity index (χ3n) is 7.05. The molecule has 2 aliphatic rings. The van der Waals surface area contributed by atoms with Crippen LogP contribution in [0.2, 0.25) is 5.02 Å². The van der Waals surface area contributed by atoms with E-state index in [9.17, 15) is 18.0 Å². The largest absolute Gasteiger partial charge is 0.490 e. The highest BCUT2D eigenvalue weighted by Crippen LogP contribution is 2.40. The number of rotatable bonds is 4. The van der Waals surface area contributed by atoms with E-state index in [-0.39, 0.29) is 30.4 Å². The van der Waals surface area contributed by atoms with Crippen LogP contribution in [0.1, 0.15) is 38.7 Å². The molecule has 3 atom stereocenters. The predicted molar refractivity (Wildman–Crippen MR) is 146 cm³/mol. The second-order valence-corrected chi connectivity index (χ2v) is 10.5. The third kappa shape index (κ3) is 6.71. The van der Waals surface area contributed by atoms with Gasteiger partial charge in [0.15, 0.2) is 5.96 Å². The summed E-state index contributed by atoms with van der Waals surface area (Å²) in [4.78, 5) is 23.8. The highest BCUT2D eigenvalue weighted by Gasteiger charge is 2.44. The number of carboxylic acids is 1. The molecule has 5 rings (SSSR count). The lowest BCUT2D eigenvalue weighted by Crippen LogP contribution is -2.63. The molecule has 2 aromatic carbocycles. The van der Waals surface area contributed by atoms with Gasteiger partial charge in [0.2, 0.25) is 5.91 Å². The van der Waals surface area contributed by atoms with Crippen molar-refractivity contribution in [1.82, 2.24) is 20.4 Å².